The Labute approximate surface area is 116 Å². The van der Waals surface area contributed by atoms with Gasteiger partial charge in [0.2, 0.25) is 11.8 Å². The molecule has 0 aliphatic heterocycles. The molecule has 2 aromatic rings. The lowest BCUT2D eigenvalue weighted by atomic mass is 9.96. The zero-order valence-corrected chi connectivity index (χ0v) is 11.5. The van der Waals surface area contributed by atoms with Crippen LogP contribution in [0.3, 0.4) is 0 Å². The molecule has 0 aliphatic carbocycles. The number of carbonyl (C=O) groups excluding carboxylic acids is 1. The maximum absolute atomic E-state index is 11.6. The maximum Gasteiger partial charge on any atom is 0.243 e. The molecule has 1 amide bonds. The van der Waals surface area contributed by atoms with Gasteiger partial charge in [-0.3, -0.25) is 10.1 Å². The topological polar surface area (TPSA) is 77.0 Å². The van der Waals surface area contributed by atoms with Gasteiger partial charge >= 0.3 is 0 Å². The monoisotopic (exact) mass is 270 g/mol. The zero-order chi connectivity index (χ0) is 14.6. The zero-order valence-electron chi connectivity index (χ0n) is 11.5. The molecular weight excluding hydrogens is 256 g/mol. The van der Waals surface area contributed by atoms with Gasteiger partial charge in [0.15, 0.2) is 5.65 Å². The first-order chi connectivity index (χ1) is 9.48. The second kappa shape index (κ2) is 5.53. The summed E-state index contributed by atoms with van der Waals surface area (Å²) in [7, 11) is 0. The molecule has 0 aliphatic rings. The number of hydrogen-bond acceptors (Lipinski definition) is 5. The first-order valence-corrected chi connectivity index (χ1v) is 6.01. The molecule has 0 fully saturated rings. The van der Waals surface area contributed by atoms with Crippen molar-refractivity contribution in [2.24, 2.45) is 5.41 Å². The van der Waals surface area contributed by atoms with Gasteiger partial charge in [0.05, 0.1) is 11.4 Å². The van der Waals surface area contributed by atoms with Gasteiger partial charge in [0.25, 0.3) is 0 Å². The number of pyridine rings is 1. The van der Waals surface area contributed by atoms with Crippen molar-refractivity contribution in [1.82, 2.24) is 20.3 Å². The van der Waals surface area contributed by atoms with Crippen LogP contribution in [0.4, 0.5) is 0 Å². The Hall–Kier alpha value is -2.68. The highest BCUT2D eigenvalue weighted by atomic mass is 16.5. The molecule has 0 aromatic carbocycles. The third-order valence-corrected chi connectivity index (χ3v) is 2.43. The highest BCUT2D eigenvalue weighted by molar-refractivity contribution is 5.83. The van der Waals surface area contributed by atoms with Crippen LogP contribution in [0.25, 0.3) is 11.0 Å². The van der Waals surface area contributed by atoms with Crippen LogP contribution >= 0.6 is 0 Å². The van der Waals surface area contributed by atoms with E-state index in [2.05, 4.69) is 32.4 Å². The van der Waals surface area contributed by atoms with Gasteiger partial charge < -0.3 is 4.74 Å². The van der Waals surface area contributed by atoms with Crippen molar-refractivity contribution >= 4 is 16.9 Å². The molecule has 0 atom stereocenters. The van der Waals surface area contributed by atoms with E-state index >= 15 is 0 Å². The molecule has 2 heterocycles. The van der Waals surface area contributed by atoms with Crippen molar-refractivity contribution in [1.29, 1.82) is 0 Å². The van der Waals surface area contributed by atoms with Gasteiger partial charge in [-0.05, 0) is 12.1 Å². The van der Waals surface area contributed by atoms with Gasteiger partial charge in [-0.15, -0.1) is 0 Å². The van der Waals surface area contributed by atoms with Crippen LogP contribution in [0.2, 0.25) is 0 Å². The standard InChI is InChI=1S/C14H14N4O2/c1-14(2,3)13(19)16-7-8-20-12-10-5-4-6-15-11(10)17-9-18-12/h4-6,9H,1-3H3,(H,16,19). The molecule has 1 N–H and O–H groups in total. The number of nitrogens with zero attached hydrogens (tertiary/aromatic N) is 3. The summed E-state index contributed by atoms with van der Waals surface area (Å²) in [6.45, 7) is 5.40. The Kier molecular flexibility index (Phi) is 3.80. The highest BCUT2D eigenvalue weighted by Crippen LogP contribution is 2.18. The van der Waals surface area contributed by atoms with Gasteiger partial charge in [0, 0.05) is 11.6 Å². The number of amides is 1. The first kappa shape index (κ1) is 13.7. The van der Waals surface area contributed by atoms with E-state index in [-0.39, 0.29) is 5.91 Å². The minimum atomic E-state index is -0.500. The fourth-order valence-corrected chi connectivity index (χ4v) is 1.30. The summed E-state index contributed by atoms with van der Waals surface area (Å²) >= 11 is 0. The number of aromatic nitrogens is 3. The molecule has 2 rings (SSSR count). The van der Waals surface area contributed by atoms with Crippen LogP contribution in [0, 0.1) is 17.6 Å². The number of fused-ring (bicyclic) bond motifs is 1. The summed E-state index contributed by atoms with van der Waals surface area (Å²) in [6, 6.07) is 5.99. The average molecular weight is 270 g/mol. The Morgan fingerprint density at radius 1 is 1.30 bits per heavy atom. The van der Waals surface area contributed by atoms with Crippen molar-refractivity contribution in [3.05, 3.63) is 24.7 Å². The lowest BCUT2D eigenvalue weighted by molar-refractivity contribution is -0.127. The number of ether oxygens (including phenoxy) is 1. The van der Waals surface area contributed by atoms with E-state index in [4.69, 9.17) is 4.74 Å². The molecule has 0 unspecified atom stereocenters. The Balaban J connectivity index is 2.09. The number of nitrogens with one attached hydrogen (secondary N) is 1. The van der Waals surface area contributed by atoms with E-state index < -0.39 is 5.41 Å². The Morgan fingerprint density at radius 3 is 2.85 bits per heavy atom. The third-order valence-electron chi connectivity index (χ3n) is 2.43. The van der Waals surface area contributed by atoms with Crippen molar-refractivity contribution < 1.29 is 9.53 Å². The van der Waals surface area contributed by atoms with Crippen LogP contribution in [0.5, 0.6) is 5.88 Å². The molecule has 0 radical (unpaired) electrons. The molecule has 20 heavy (non-hydrogen) atoms. The van der Waals surface area contributed by atoms with E-state index in [9.17, 15) is 4.79 Å². The number of rotatable bonds is 1. The van der Waals surface area contributed by atoms with Gasteiger partial charge in [-0.25, -0.2) is 15.0 Å². The quantitative estimate of drug-likeness (QED) is 0.627. The van der Waals surface area contributed by atoms with E-state index in [1.54, 1.807) is 39.1 Å². The van der Waals surface area contributed by atoms with Crippen LogP contribution in [-0.4, -0.2) is 20.9 Å². The molecule has 102 valence electrons. The normalized spacial score (nSPS) is 10.6. The van der Waals surface area contributed by atoms with Crippen LogP contribution < -0.4 is 10.1 Å². The lowest BCUT2D eigenvalue weighted by Gasteiger charge is -2.13. The van der Waals surface area contributed by atoms with Crippen LogP contribution in [0.15, 0.2) is 24.7 Å². The van der Waals surface area contributed by atoms with Crippen molar-refractivity contribution in [3.8, 4) is 18.0 Å². The molecule has 2 aromatic heterocycles. The summed E-state index contributed by atoms with van der Waals surface area (Å²) in [5, 5.41) is 3.12. The summed E-state index contributed by atoms with van der Waals surface area (Å²) in [6.07, 6.45) is 5.38. The van der Waals surface area contributed by atoms with E-state index in [1.165, 1.54) is 6.33 Å². The lowest BCUT2D eigenvalue weighted by Crippen LogP contribution is -2.31. The number of hydrogen-bond donors (Lipinski definition) is 1. The van der Waals surface area contributed by atoms with Crippen molar-refractivity contribution in [2.75, 3.05) is 0 Å². The van der Waals surface area contributed by atoms with E-state index in [1.807, 2.05) is 0 Å². The summed E-state index contributed by atoms with van der Waals surface area (Å²) < 4.78 is 5.22. The second-order valence-corrected chi connectivity index (χ2v) is 5.09. The molecule has 0 saturated carbocycles. The minimum Gasteiger partial charge on any atom is -0.385 e. The van der Waals surface area contributed by atoms with Crippen LogP contribution in [-0.2, 0) is 4.79 Å². The third kappa shape index (κ3) is 3.20. The predicted octanol–water partition coefficient (Wildman–Crippen LogP) is 1.48. The minimum absolute atomic E-state index is 0.178. The van der Waals surface area contributed by atoms with Gasteiger partial charge in [0.1, 0.15) is 12.4 Å². The number of carbonyl (C=O) groups is 1. The van der Waals surface area contributed by atoms with Crippen molar-refractivity contribution in [3.63, 3.8) is 0 Å². The first-order valence-electron chi connectivity index (χ1n) is 6.01. The maximum atomic E-state index is 11.6. The molecule has 0 spiro atoms. The summed E-state index contributed by atoms with van der Waals surface area (Å²) in [5.41, 5.74) is 0.0262. The summed E-state index contributed by atoms with van der Waals surface area (Å²) in [5.74, 6) is 0.128. The molecule has 6 heteroatoms. The van der Waals surface area contributed by atoms with E-state index in [0.717, 1.165) is 0 Å². The highest BCUT2D eigenvalue weighted by Gasteiger charge is 2.19. The van der Waals surface area contributed by atoms with Gasteiger partial charge in [-0.2, -0.15) is 0 Å². The Morgan fingerprint density at radius 2 is 2.10 bits per heavy atom. The largest absolute Gasteiger partial charge is 0.385 e. The smallest absolute Gasteiger partial charge is 0.243 e. The van der Waals surface area contributed by atoms with Crippen LogP contribution in [0.1, 0.15) is 20.8 Å². The Bertz CT molecular complexity index is 690. The molecule has 6 nitrogen and oxygen atoms in total. The average Bonchev–Trinajstić information content (AvgIpc) is 2.42. The molecule has 0 bridgehead atoms. The fourth-order valence-electron chi connectivity index (χ4n) is 1.30. The molecule has 0 saturated heterocycles. The molecular formula is C14H14N4O2. The SMILES string of the molecule is CC(C)(C)C(=O)NC#COc1ncnc2ncccc12. The van der Waals surface area contributed by atoms with Crippen molar-refractivity contribution in [2.45, 2.75) is 20.8 Å². The predicted molar refractivity (Wildman–Crippen MR) is 73.3 cm³/mol. The van der Waals surface area contributed by atoms with Gasteiger partial charge in [-0.1, -0.05) is 20.8 Å². The summed E-state index contributed by atoms with van der Waals surface area (Å²) in [4.78, 5) is 23.7. The van der Waals surface area contributed by atoms with E-state index in [0.29, 0.717) is 16.9 Å². The fraction of sp³-hybridized carbons (Fsp3) is 0.286. The second-order valence-electron chi connectivity index (χ2n) is 5.09.